The number of nitrogens with one attached hydrogen (secondary N) is 1. The van der Waals surface area contributed by atoms with Gasteiger partial charge in [-0.05, 0) is 11.1 Å². The van der Waals surface area contributed by atoms with Crippen molar-refractivity contribution in [2.24, 2.45) is 5.73 Å². The van der Waals surface area contributed by atoms with Crippen molar-refractivity contribution in [2.45, 2.75) is 13.1 Å². The van der Waals surface area contributed by atoms with Gasteiger partial charge in [-0.1, -0.05) is 35.9 Å². The van der Waals surface area contributed by atoms with Crippen LogP contribution in [0.15, 0.2) is 36.7 Å². The van der Waals surface area contributed by atoms with Gasteiger partial charge in [-0.15, -0.1) is 0 Å². The lowest BCUT2D eigenvalue weighted by Gasteiger charge is -2.06. The zero-order valence-electron chi connectivity index (χ0n) is 9.23. The Kier molecular flexibility index (Phi) is 3.90. The maximum Gasteiger partial charge on any atom is 0.149 e. The van der Waals surface area contributed by atoms with Crippen molar-refractivity contribution in [3.63, 3.8) is 0 Å². The second-order valence-corrected chi connectivity index (χ2v) is 3.99. The molecule has 0 amide bonds. The minimum Gasteiger partial charge on any atom is -0.365 e. The monoisotopic (exact) mass is 248 g/mol. The predicted molar refractivity (Wildman–Crippen MR) is 68.7 cm³/mol. The van der Waals surface area contributed by atoms with Crippen LogP contribution >= 0.6 is 11.6 Å². The van der Waals surface area contributed by atoms with E-state index in [1.165, 1.54) is 6.20 Å². The highest BCUT2D eigenvalue weighted by molar-refractivity contribution is 6.29. The molecule has 0 fully saturated rings. The third kappa shape index (κ3) is 3.41. The van der Waals surface area contributed by atoms with Crippen molar-refractivity contribution in [1.82, 2.24) is 9.97 Å². The van der Waals surface area contributed by atoms with E-state index in [0.717, 1.165) is 11.1 Å². The van der Waals surface area contributed by atoms with Crippen molar-refractivity contribution < 1.29 is 0 Å². The van der Waals surface area contributed by atoms with Gasteiger partial charge in [0.2, 0.25) is 0 Å². The van der Waals surface area contributed by atoms with Gasteiger partial charge in [-0.25, -0.2) is 4.98 Å². The minimum atomic E-state index is 0.383. The van der Waals surface area contributed by atoms with Crippen LogP contribution < -0.4 is 11.1 Å². The molecule has 0 radical (unpaired) electrons. The maximum absolute atomic E-state index is 5.74. The minimum absolute atomic E-state index is 0.383. The summed E-state index contributed by atoms with van der Waals surface area (Å²) in [5, 5.41) is 3.53. The molecule has 0 atom stereocenters. The standard InChI is InChI=1S/C12H13ClN4/c13-11-7-15-8-12(17-11)16-6-10-3-1-9(5-14)2-4-10/h1-4,7-8H,5-6,14H2,(H,16,17). The largest absolute Gasteiger partial charge is 0.365 e. The molecular formula is C12H13ClN4. The Morgan fingerprint density at radius 1 is 1.12 bits per heavy atom. The van der Waals surface area contributed by atoms with Crippen LogP contribution in [0.25, 0.3) is 0 Å². The van der Waals surface area contributed by atoms with Crippen LogP contribution in [0, 0.1) is 0 Å². The Balaban J connectivity index is 1.97. The van der Waals surface area contributed by atoms with Gasteiger partial charge in [0.25, 0.3) is 0 Å². The van der Waals surface area contributed by atoms with Crippen LogP contribution in [-0.2, 0) is 13.1 Å². The summed E-state index contributed by atoms with van der Waals surface area (Å²) >= 11 is 5.74. The average molecular weight is 249 g/mol. The Morgan fingerprint density at radius 2 is 1.82 bits per heavy atom. The number of nitrogens with two attached hydrogens (primary N) is 1. The van der Waals surface area contributed by atoms with Crippen molar-refractivity contribution in [1.29, 1.82) is 0 Å². The summed E-state index contributed by atoms with van der Waals surface area (Å²) in [5.74, 6) is 0.667. The molecule has 2 aromatic rings. The Labute approximate surface area is 105 Å². The zero-order valence-corrected chi connectivity index (χ0v) is 9.98. The highest BCUT2D eigenvalue weighted by Gasteiger charge is 1.97. The number of anilines is 1. The number of nitrogens with zero attached hydrogens (tertiary/aromatic N) is 2. The van der Waals surface area contributed by atoms with E-state index in [1.807, 2.05) is 24.3 Å². The van der Waals surface area contributed by atoms with Gasteiger partial charge < -0.3 is 11.1 Å². The van der Waals surface area contributed by atoms with Crippen LogP contribution in [-0.4, -0.2) is 9.97 Å². The Morgan fingerprint density at radius 3 is 2.47 bits per heavy atom. The fraction of sp³-hybridized carbons (Fsp3) is 0.167. The molecule has 0 saturated carbocycles. The molecule has 88 valence electrons. The van der Waals surface area contributed by atoms with Crippen LogP contribution in [0.4, 0.5) is 5.82 Å². The van der Waals surface area contributed by atoms with Gasteiger partial charge in [0.15, 0.2) is 0 Å². The molecule has 1 aromatic carbocycles. The molecule has 0 aliphatic heterocycles. The van der Waals surface area contributed by atoms with Gasteiger partial charge in [0.1, 0.15) is 11.0 Å². The molecule has 0 saturated heterocycles. The smallest absolute Gasteiger partial charge is 0.149 e. The molecule has 1 heterocycles. The molecule has 0 bridgehead atoms. The molecule has 0 spiro atoms. The number of benzene rings is 1. The number of hydrogen-bond acceptors (Lipinski definition) is 4. The summed E-state index contributed by atoms with van der Waals surface area (Å²) in [6.07, 6.45) is 3.14. The van der Waals surface area contributed by atoms with Gasteiger partial charge in [-0.2, -0.15) is 0 Å². The molecular weight excluding hydrogens is 236 g/mol. The van der Waals surface area contributed by atoms with Crippen LogP contribution in [0.1, 0.15) is 11.1 Å². The van der Waals surface area contributed by atoms with E-state index in [-0.39, 0.29) is 0 Å². The van der Waals surface area contributed by atoms with E-state index in [0.29, 0.717) is 24.1 Å². The average Bonchev–Trinajstić information content (AvgIpc) is 2.37. The summed E-state index contributed by atoms with van der Waals surface area (Å²) in [7, 11) is 0. The molecule has 4 nitrogen and oxygen atoms in total. The van der Waals surface area contributed by atoms with Gasteiger partial charge >= 0.3 is 0 Å². The van der Waals surface area contributed by atoms with E-state index in [2.05, 4.69) is 15.3 Å². The molecule has 5 heteroatoms. The molecule has 0 unspecified atom stereocenters. The number of rotatable bonds is 4. The molecule has 1 aromatic heterocycles. The summed E-state index contributed by atoms with van der Waals surface area (Å²) in [5.41, 5.74) is 7.81. The first-order valence-electron chi connectivity index (χ1n) is 5.27. The molecule has 2 rings (SSSR count). The number of hydrogen-bond donors (Lipinski definition) is 2. The van der Waals surface area contributed by atoms with Crippen molar-refractivity contribution in [2.75, 3.05) is 5.32 Å². The summed E-state index contributed by atoms with van der Waals surface area (Å²) in [6.45, 7) is 1.24. The summed E-state index contributed by atoms with van der Waals surface area (Å²) in [6, 6.07) is 8.10. The lowest BCUT2D eigenvalue weighted by atomic mass is 10.1. The first kappa shape index (κ1) is 11.8. The number of halogens is 1. The molecule has 0 aliphatic carbocycles. The maximum atomic E-state index is 5.74. The quantitative estimate of drug-likeness (QED) is 0.871. The van der Waals surface area contributed by atoms with E-state index < -0.39 is 0 Å². The first-order chi connectivity index (χ1) is 8.28. The van der Waals surface area contributed by atoms with Crippen molar-refractivity contribution in [3.8, 4) is 0 Å². The molecule has 3 N–H and O–H groups in total. The zero-order chi connectivity index (χ0) is 12.1. The van der Waals surface area contributed by atoms with E-state index >= 15 is 0 Å². The van der Waals surface area contributed by atoms with E-state index in [4.69, 9.17) is 17.3 Å². The SMILES string of the molecule is NCc1ccc(CNc2cncc(Cl)n2)cc1. The van der Waals surface area contributed by atoms with Gasteiger partial charge in [-0.3, -0.25) is 4.98 Å². The van der Waals surface area contributed by atoms with Crippen molar-refractivity contribution in [3.05, 3.63) is 52.9 Å². The second kappa shape index (κ2) is 5.61. The predicted octanol–water partition coefficient (Wildman–Crippen LogP) is 2.20. The Hall–Kier alpha value is -1.65. The lowest BCUT2D eigenvalue weighted by Crippen LogP contribution is -2.02. The van der Waals surface area contributed by atoms with E-state index in [9.17, 15) is 0 Å². The fourth-order valence-electron chi connectivity index (χ4n) is 1.41. The molecule has 0 aliphatic rings. The second-order valence-electron chi connectivity index (χ2n) is 3.60. The number of aromatic nitrogens is 2. The third-order valence-electron chi connectivity index (χ3n) is 2.34. The normalized spacial score (nSPS) is 10.2. The Bertz CT molecular complexity index is 484. The third-order valence-corrected chi connectivity index (χ3v) is 2.52. The lowest BCUT2D eigenvalue weighted by molar-refractivity contribution is 1.05. The molecule has 17 heavy (non-hydrogen) atoms. The van der Waals surface area contributed by atoms with E-state index in [1.54, 1.807) is 6.20 Å². The van der Waals surface area contributed by atoms with Crippen LogP contribution in [0.5, 0.6) is 0 Å². The summed E-state index contributed by atoms with van der Waals surface area (Å²) < 4.78 is 0. The summed E-state index contributed by atoms with van der Waals surface area (Å²) in [4.78, 5) is 8.04. The fourth-order valence-corrected chi connectivity index (χ4v) is 1.56. The van der Waals surface area contributed by atoms with Crippen molar-refractivity contribution >= 4 is 17.4 Å². The van der Waals surface area contributed by atoms with Crippen LogP contribution in [0.3, 0.4) is 0 Å². The highest BCUT2D eigenvalue weighted by Crippen LogP contribution is 2.09. The topological polar surface area (TPSA) is 63.8 Å². The van der Waals surface area contributed by atoms with Gasteiger partial charge in [0.05, 0.1) is 12.4 Å². The van der Waals surface area contributed by atoms with Gasteiger partial charge in [0, 0.05) is 13.1 Å². The highest BCUT2D eigenvalue weighted by atomic mass is 35.5. The van der Waals surface area contributed by atoms with Crippen LogP contribution in [0.2, 0.25) is 5.15 Å². The first-order valence-corrected chi connectivity index (χ1v) is 5.65.